The largest absolute Gasteiger partial charge is 0.396 e. The predicted molar refractivity (Wildman–Crippen MR) is 73.5 cm³/mol. The molecule has 0 aromatic rings. The molecule has 0 radical (unpaired) electrons. The molecule has 3 fully saturated rings. The van der Waals surface area contributed by atoms with Crippen LogP contribution in [0.2, 0.25) is 0 Å². The highest BCUT2D eigenvalue weighted by Gasteiger charge is 2.33. The Bertz CT molecular complexity index is 241. The molecule has 3 aliphatic rings. The van der Waals surface area contributed by atoms with E-state index in [1.54, 1.807) is 0 Å². The summed E-state index contributed by atoms with van der Waals surface area (Å²) in [6.07, 6.45) is 9.22. The van der Waals surface area contributed by atoms with Crippen LogP contribution in [0.15, 0.2) is 0 Å². The molecule has 0 bridgehead atoms. The van der Waals surface area contributed by atoms with Gasteiger partial charge in [0.25, 0.3) is 0 Å². The second kappa shape index (κ2) is 5.89. The summed E-state index contributed by atoms with van der Waals surface area (Å²) in [5.41, 5.74) is 0. The van der Waals surface area contributed by atoms with Crippen LogP contribution in [0.5, 0.6) is 0 Å². The Morgan fingerprint density at radius 2 is 1.83 bits per heavy atom. The average Bonchev–Trinajstić information content (AvgIpc) is 3.22. The monoisotopic (exact) mass is 252 g/mol. The number of hydrogen-bond donors (Lipinski definition) is 2. The zero-order valence-corrected chi connectivity index (χ0v) is 11.5. The van der Waals surface area contributed by atoms with Gasteiger partial charge in [-0.05, 0) is 56.8 Å². The first-order valence-corrected chi connectivity index (χ1v) is 7.92. The Kier molecular flexibility index (Phi) is 4.22. The molecule has 2 unspecified atom stereocenters. The zero-order chi connectivity index (χ0) is 12.4. The normalized spacial score (nSPS) is 33.8. The van der Waals surface area contributed by atoms with E-state index in [0.717, 1.165) is 24.3 Å². The van der Waals surface area contributed by atoms with Crippen LogP contribution in [0.4, 0.5) is 0 Å². The molecule has 3 nitrogen and oxygen atoms in total. The SMILES string of the molecule is OCCCC1CC(NC2CC2)CN(CC2CC2)C1. The molecule has 1 heterocycles. The molecule has 1 saturated heterocycles. The Hall–Kier alpha value is -0.120. The Morgan fingerprint density at radius 1 is 1.00 bits per heavy atom. The van der Waals surface area contributed by atoms with Crippen LogP contribution in [0.3, 0.4) is 0 Å². The van der Waals surface area contributed by atoms with Crippen LogP contribution >= 0.6 is 0 Å². The molecule has 0 aromatic carbocycles. The maximum absolute atomic E-state index is 9.01. The minimum Gasteiger partial charge on any atom is -0.396 e. The lowest BCUT2D eigenvalue weighted by Gasteiger charge is -2.38. The van der Waals surface area contributed by atoms with Crippen molar-refractivity contribution >= 4 is 0 Å². The van der Waals surface area contributed by atoms with Gasteiger partial charge in [-0.25, -0.2) is 0 Å². The fraction of sp³-hybridized carbons (Fsp3) is 1.00. The predicted octanol–water partition coefficient (Wildman–Crippen LogP) is 1.61. The molecule has 1 aliphatic heterocycles. The van der Waals surface area contributed by atoms with Crippen molar-refractivity contribution < 1.29 is 5.11 Å². The van der Waals surface area contributed by atoms with Gasteiger partial charge in [0, 0.05) is 38.3 Å². The van der Waals surface area contributed by atoms with Crippen LogP contribution in [0.1, 0.15) is 44.9 Å². The van der Waals surface area contributed by atoms with Gasteiger partial charge in [0.15, 0.2) is 0 Å². The van der Waals surface area contributed by atoms with E-state index in [4.69, 9.17) is 5.11 Å². The van der Waals surface area contributed by atoms with Crippen LogP contribution in [0.25, 0.3) is 0 Å². The van der Waals surface area contributed by atoms with Crippen molar-refractivity contribution in [2.24, 2.45) is 11.8 Å². The molecule has 0 spiro atoms. The van der Waals surface area contributed by atoms with Gasteiger partial charge in [0.1, 0.15) is 0 Å². The number of aliphatic hydroxyl groups excluding tert-OH is 1. The van der Waals surface area contributed by atoms with Gasteiger partial charge in [0.05, 0.1) is 0 Å². The number of piperidine rings is 1. The maximum Gasteiger partial charge on any atom is 0.0431 e. The van der Waals surface area contributed by atoms with Gasteiger partial charge < -0.3 is 15.3 Å². The number of rotatable bonds is 7. The zero-order valence-electron chi connectivity index (χ0n) is 11.5. The Balaban J connectivity index is 1.49. The highest BCUT2D eigenvalue weighted by molar-refractivity contribution is 4.91. The second-order valence-corrected chi connectivity index (χ2v) is 6.77. The van der Waals surface area contributed by atoms with Gasteiger partial charge in [-0.1, -0.05) is 0 Å². The molecule has 104 valence electrons. The van der Waals surface area contributed by atoms with Gasteiger partial charge in [-0.2, -0.15) is 0 Å². The summed E-state index contributed by atoms with van der Waals surface area (Å²) in [7, 11) is 0. The molecular formula is C15H28N2O. The molecule has 3 heteroatoms. The number of nitrogens with zero attached hydrogens (tertiary/aromatic N) is 1. The van der Waals surface area contributed by atoms with Crippen LogP contribution in [-0.4, -0.2) is 48.3 Å². The molecule has 2 N–H and O–H groups in total. The summed E-state index contributed by atoms with van der Waals surface area (Å²) in [6, 6.07) is 1.54. The van der Waals surface area contributed by atoms with Crippen LogP contribution in [-0.2, 0) is 0 Å². The lowest BCUT2D eigenvalue weighted by Crippen LogP contribution is -2.50. The Labute approximate surface area is 111 Å². The minimum absolute atomic E-state index is 0.361. The highest BCUT2D eigenvalue weighted by atomic mass is 16.2. The van der Waals surface area contributed by atoms with Crippen molar-refractivity contribution in [2.45, 2.75) is 57.0 Å². The van der Waals surface area contributed by atoms with Gasteiger partial charge in [-0.3, -0.25) is 0 Å². The van der Waals surface area contributed by atoms with E-state index >= 15 is 0 Å². The maximum atomic E-state index is 9.01. The lowest BCUT2D eigenvalue weighted by atomic mass is 9.90. The molecule has 3 rings (SSSR count). The highest BCUT2D eigenvalue weighted by Crippen LogP contribution is 2.32. The van der Waals surface area contributed by atoms with E-state index in [1.807, 2.05) is 0 Å². The van der Waals surface area contributed by atoms with Gasteiger partial charge in [0.2, 0.25) is 0 Å². The summed E-state index contributed by atoms with van der Waals surface area (Å²) in [4.78, 5) is 2.70. The third-order valence-electron chi connectivity index (χ3n) is 4.65. The lowest BCUT2D eigenvalue weighted by molar-refractivity contribution is 0.124. The smallest absolute Gasteiger partial charge is 0.0431 e. The summed E-state index contributed by atoms with van der Waals surface area (Å²) >= 11 is 0. The summed E-state index contributed by atoms with van der Waals surface area (Å²) in [5, 5.41) is 12.8. The van der Waals surface area contributed by atoms with E-state index in [9.17, 15) is 0 Å². The van der Waals surface area contributed by atoms with Crippen molar-refractivity contribution in [3.8, 4) is 0 Å². The number of nitrogens with one attached hydrogen (secondary N) is 1. The third-order valence-corrected chi connectivity index (χ3v) is 4.65. The fourth-order valence-electron chi connectivity index (χ4n) is 3.41. The van der Waals surface area contributed by atoms with E-state index in [-0.39, 0.29) is 0 Å². The molecule has 0 amide bonds. The number of hydrogen-bond acceptors (Lipinski definition) is 3. The molecule has 18 heavy (non-hydrogen) atoms. The van der Waals surface area contributed by atoms with E-state index in [2.05, 4.69) is 10.2 Å². The van der Waals surface area contributed by atoms with Crippen molar-refractivity contribution in [2.75, 3.05) is 26.2 Å². The van der Waals surface area contributed by atoms with Crippen LogP contribution < -0.4 is 5.32 Å². The minimum atomic E-state index is 0.361. The molecular weight excluding hydrogens is 224 g/mol. The molecule has 0 aromatic heterocycles. The third kappa shape index (κ3) is 3.94. The second-order valence-electron chi connectivity index (χ2n) is 6.77. The average molecular weight is 252 g/mol. The topological polar surface area (TPSA) is 35.5 Å². The number of aliphatic hydroxyl groups is 1. The number of likely N-dealkylation sites (tertiary alicyclic amines) is 1. The van der Waals surface area contributed by atoms with Crippen molar-refractivity contribution in [1.29, 1.82) is 0 Å². The van der Waals surface area contributed by atoms with Gasteiger partial charge in [-0.15, -0.1) is 0 Å². The summed E-state index contributed by atoms with van der Waals surface area (Å²) in [5.74, 6) is 1.81. The van der Waals surface area contributed by atoms with Crippen LogP contribution in [0, 0.1) is 11.8 Å². The summed E-state index contributed by atoms with van der Waals surface area (Å²) < 4.78 is 0. The standard InChI is InChI=1S/C15H28N2O/c18-7-1-2-13-8-15(16-14-5-6-14)11-17(10-13)9-12-3-4-12/h12-16,18H,1-11H2. The fourth-order valence-corrected chi connectivity index (χ4v) is 3.41. The van der Waals surface area contributed by atoms with Crippen molar-refractivity contribution in [3.63, 3.8) is 0 Å². The Morgan fingerprint density at radius 3 is 2.50 bits per heavy atom. The first-order valence-electron chi connectivity index (χ1n) is 7.92. The summed E-state index contributed by atoms with van der Waals surface area (Å²) in [6.45, 7) is 4.24. The molecule has 2 atom stereocenters. The van der Waals surface area contributed by atoms with E-state index in [1.165, 1.54) is 58.2 Å². The van der Waals surface area contributed by atoms with Crippen molar-refractivity contribution in [1.82, 2.24) is 10.2 Å². The molecule has 2 saturated carbocycles. The van der Waals surface area contributed by atoms with E-state index in [0.29, 0.717) is 12.6 Å². The van der Waals surface area contributed by atoms with Gasteiger partial charge >= 0.3 is 0 Å². The quantitative estimate of drug-likeness (QED) is 0.722. The first-order chi connectivity index (χ1) is 8.83. The first kappa shape index (κ1) is 12.9. The molecule has 2 aliphatic carbocycles. The van der Waals surface area contributed by atoms with Crippen molar-refractivity contribution in [3.05, 3.63) is 0 Å². The van der Waals surface area contributed by atoms with E-state index < -0.39 is 0 Å².